The third-order valence-corrected chi connectivity index (χ3v) is 8.68. The van der Waals surface area contributed by atoms with Crippen LogP contribution in [0.1, 0.15) is 36.0 Å². The number of hydrogen-bond acceptors (Lipinski definition) is 6. The fourth-order valence-corrected chi connectivity index (χ4v) is 6.97. The number of benzene rings is 2. The summed E-state index contributed by atoms with van der Waals surface area (Å²) in [5.74, 6) is -0.0297. The number of amides is 1. The summed E-state index contributed by atoms with van der Waals surface area (Å²) in [6, 6.07) is 14.0. The van der Waals surface area contributed by atoms with Gasteiger partial charge in [0.05, 0.1) is 21.9 Å². The van der Waals surface area contributed by atoms with Crippen molar-refractivity contribution in [1.29, 1.82) is 0 Å². The van der Waals surface area contributed by atoms with E-state index in [1.54, 1.807) is 36.4 Å². The number of nitrogens with zero attached hydrogens (tertiary/aromatic N) is 3. The molecule has 8 heteroatoms. The van der Waals surface area contributed by atoms with Gasteiger partial charge in [0.25, 0.3) is 5.91 Å². The molecule has 0 N–H and O–H groups in total. The minimum absolute atomic E-state index is 0.0287. The second-order valence-electron chi connectivity index (χ2n) is 7.52. The average molecular weight is 414 g/mol. The molecule has 2 atom stereocenters. The number of carbonyl (C=O) groups is 1. The molecule has 6 nitrogen and oxygen atoms in total. The summed E-state index contributed by atoms with van der Waals surface area (Å²) in [5, 5.41) is -0.429. The molecule has 3 aromatic rings. The van der Waals surface area contributed by atoms with Gasteiger partial charge < -0.3 is 4.90 Å². The lowest BCUT2D eigenvalue weighted by atomic mass is 10.0. The van der Waals surface area contributed by atoms with E-state index >= 15 is 0 Å². The number of carbonyl (C=O) groups excluding carboxylic acids is 1. The van der Waals surface area contributed by atoms with Crippen LogP contribution < -0.4 is 0 Å². The van der Waals surface area contributed by atoms with Gasteiger partial charge >= 0.3 is 0 Å². The predicted molar refractivity (Wildman–Crippen MR) is 107 cm³/mol. The molecule has 28 heavy (non-hydrogen) atoms. The van der Waals surface area contributed by atoms with Crippen molar-refractivity contribution >= 4 is 38.5 Å². The molecule has 2 saturated heterocycles. The molecule has 0 unspecified atom stereocenters. The Kier molecular flexibility index (Phi) is 4.21. The van der Waals surface area contributed by atoms with Gasteiger partial charge in [0, 0.05) is 17.6 Å². The summed E-state index contributed by atoms with van der Waals surface area (Å²) in [5.41, 5.74) is 2.11. The normalized spacial score (nSPS) is 24.6. The van der Waals surface area contributed by atoms with Crippen LogP contribution in [0.2, 0.25) is 0 Å². The first-order valence-corrected chi connectivity index (χ1v) is 11.7. The Morgan fingerprint density at radius 2 is 1.64 bits per heavy atom. The maximum atomic E-state index is 13.2. The van der Waals surface area contributed by atoms with Crippen LogP contribution in [0.5, 0.6) is 0 Å². The lowest BCUT2D eigenvalue weighted by Gasteiger charge is -2.38. The highest BCUT2D eigenvalue weighted by molar-refractivity contribution is 7.92. The smallest absolute Gasteiger partial charge is 0.254 e. The van der Waals surface area contributed by atoms with E-state index in [2.05, 4.69) is 8.75 Å². The van der Waals surface area contributed by atoms with Gasteiger partial charge in [-0.05, 0) is 56.0 Å². The zero-order chi connectivity index (χ0) is 19.3. The van der Waals surface area contributed by atoms with E-state index in [-0.39, 0.29) is 18.0 Å². The highest BCUT2D eigenvalue weighted by atomic mass is 32.2. The summed E-state index contributed by atoms with van der Waals surface area (Å²) in [6.07, 6.45) is 2.72. The molecule has 1 aromatic heterocycles. The Hall–Kier alpha value is -2.32. The molecular formula is C20H19N3O3S2. The third kappa shape index (κ3) is 2.82. The van der Waals surface area contributed by atoms with Crippen molar-refractivity contribution in [3.8, 4) is 0 Å². The minimum Gasteiger partial charge on any atom is -0.333 e. The summed E-state index contributed by atoms with van der Waals surface area (Å²) >= 11 is 1.13. The van der Waals surface area contributed by atoms with Crippen LogP contribution in [0.15, 0.2) is 53.4 Å². The SMILES string of the molecule is O=C(c1ccc2nsnc2c1)N1[C@H]2CC[C@H]1CC(S(=O)(=O)c1ccccc1)C2. The van der Waals surface area contributed by atoms with Gasteiger partial charge in [-0.15, -0.1) is 0 Å². The van der Waals surface area contributed by atoms with Gasteiger partial charge in [-0.1, -0.05) is 18.2 Å². The van der Waals surface area contributed by atoms with E-state index in [4.69, 9.17) is 0 Å². The van der Waals surface area contributed by atoms with Crippen LogP contribution in [0, 0.1) is 0 Å². The van der Waals surface area contributed by atoms with Gasteiger partial charge in [-0.2, -0.15) is 8.75 Å². The standard InChI is InChI=1S/C20H19N3O3S2/c24-20(13-6-9-18-19(10-13)22-27-21-18)23-14-7-8-15(23)12-17(11-14)28(25,26)16-4-2-1-3-5-16/h1-6,9-10,14-15,17H,7-8,11-12H2/t14-,15-/m0/s1. The van der Waals surface area contributed by atoms with Gasteiger partial charge in [-0.3, -0.25) is 4.79 Å². The van der Waals surface area contributed by atoms with Crippen LogP contribution in [-0.4, -0.2) is 45.3 Å². The maximum Gasteiger partial charge on any atom is 0.254 e. The Labute approximate surface area is 167 Å². The van der Waals surface area contributed by atoms with Crippen molar-refractivity contribution in [3.63, 3.8) is 0 Å². The molecule has 2 aliphatic rings. The first-order valence-electron chi connectivity index (χ1n) is 9.38. The van der Waals surface area contributed by atoms with Crippen LogP contribution in [0.4, 0.5) is 0 Å². The predicted octanol–water partition coefficient (Wildman–Crippen LogP) is 3.30. The van der Waals surface area contributed by atoms with Crippen molar-refractivity contribution in [2.75, 3.05) is 0 Å². The van der Waals surface area contributed by atoms with Gasteiger partial charge in [0.15, 0.2) is 9.84 Å². The minimum atomic E-state index is -3.38. The van der Waals surface area contributed by atoms with Crippen molar-refractivity contribution in [2.24, 2.45) is 0 Å². The summed E-state index contributed by atoms with van der Waals surface area (Å²) < 4.78 is 34.5. The monoisotopic (exact) mass is 413 g/mol. The van der Waals surface area contributed by atoms with E-state index in [1.165, 1.54) is 0 Å². The molecule has 0 aliphatic carbocycles. The highest BCUT2D eigenvalue weighted by Crippen LogP contribution is 2.40. The summed E-state index contributed by atoms with van der Waals surface area (Å²) in [7, 11) is -3.38. The molecule has 2 bridgehead atoms. The number of hydrogen-bond donors (Lipinski definition) is 0. The zero-order valence-corrected chi connectivity index (χ0v) is 16.7. The molecule has 144 valence electrons. The Morgan fingerprint density at radius 3 is 2.36 bits per heavy atom. The molecular weight excluding hydrogens is 394 g/mol. The van der Waals surface area contributed by atoms with E-state index in [9.17, 15) is 13.2 Å². The second-order valence-corrected chi connectivity index (χ2v) is 10.3. The first-order chi connectivity index (χ1) is 13.5. The van der Waals surface area contributed by atoms with Crippen LogP contribution in [0.3, 0.4) is 0 Å². The Bertz CT molecular complexity index is 1130. The lowest BCUT2D eigenvalue weighted by Crippen LogP contribution is -2.49. The molecule has 3 heterocycles. The molecule has 2 aromatic carbocycles. The van der Waals surface area contributed by atoms with E-state index in [0.717, 1.165) is 35.6 Å². The van der Waals surface area contributed by atoms with Gasteiger partial charge in [-0.25, -0.2) is 8.42 Å². The van der Waals surface area contributed by atoms with Crippen LogP contribution in [0.25, 0.3) is 11.0 Å². The van der Waals surface area contributed by atoms with Crippen molar-refractivity contribution in [1.82, 2.24) is 13.6 Å². The van der Waals surface area contributed by atoms with E-state index < -0.39 is 15.1 Å². The van der Waals surface area contributed by atoms with Crippen LogP contribution in [-0.2, 0) is 9.84 Å². The van der Waals surface area contributed by atoms with Gasteiger partial charge in [0.2, 0.25) is 0 Å². The number of piperidine rings is 1. The van der Waals surface area contributed by atoms with Crippen molar-refractivity contribution in [3.05, 3.63) is 54.1 Å². The lowest BCUT2D eigenvalue weighted by molar-refractivity contribution is 0.0598. The molecule has 1 amide bonds. The molecule has 2 aliphatic heterocycles. The fourth-order valence-electron chi connectivity index (χ4n) is 4.58. The zero-order valence-electron chi connectivity index (χ0n) is 15.1. The third-order valence-electron chi connectivity index (χ3n) is 5.94. The highest BCUT2D eigenvalue weighted by Gasteiger charge is 2.47. The average Bonchev–Trinajstić information content (AvgIpc) is 3.29. The van der Waals surface area contributed by atoms with E-state index in [1.807, 2.05) is 17.0 Å². The van der Waals surface area contributed by atoms with E-state index in [0.29, 0.717) is 23.3 Å². The topological polar surface area (TPSA) is 80.2 Å². The number of sulfone groups is 1. The molecule has 2 fully saturated rings. The Balaban J connectivity index is 1.40. The largest absolute Gasteiger partial charge is 0.333 e. The number of fused-ring (bicyclic) bond motifs is 3. The number of rotatable bonds is 3. The maximum absolute atomic E-state index is 13.2. The van der Waals surface area contributed by atoms with Crippen molar-refractivity contribution < 1.29 is 13.2 Å². The summed E-state index contributed by atoms with van der Waals surface area (Å²) in [4.78, 5) is 15.5. The molecule has 0 saturated carbocycles. The summed E-state index contributed by atoms with van der Waals surface area (Å²) in [6.45, 7) is 0. The quantitative estimate of drug-likeness (QED) is 0.658. The van der Waals surface area contributed by atoms with Crippen molar-refractivity contribution in [2.45, 2.75) is 47.9 Å². The molecule has 0 radical (unpaired) electrons. The molecule has 0 spiro atoms. The fraction of sp³-hybridized carbons (Fsp3) is 0.350. The molecule has 5 rings (SSSR count). The first kappa shape index (κ1) is 17.8. The second kappa shape index (κ2) is 6.63. The number of aromatic nitrogens is 2. The van der Waals surface area contributed by atoms with Gasteiger partial charge in [0.1, 0.15) is 11.0 Å². The Morgan fingerprint density at radius 1 is 0.964 bits per heavy atom. The van der Waals surface area contributed by atoms with Crippen LogP contribution >= 0.6 is 11.7 Å².